The zero-order valence-corrected chi connectivity index (χ0v) is 23.1. The zero-order valence-electron chi connectivity index (χ0n) is 22.4. The highest BCUT2D eigenvalue weighted by Gasteiger charge is 2.18. The standard InChI is InChI=1S/C31H29ClN2O5/c1-18(2)21-11-12-25-23(16-21)30(22-8-6-7-9-24(22)32)26(17-33-25)34-29(36)13-10-20-14-27(37-4)31(39-19(3)35)28(15-20)38-5/h6-18H,1-5H3,(H,34,36). The van der Waals surface area contributed by atoms with E-state index < -0.39 is 5.97 Å². The van der Waals surface area contributed by atoms with Gasteiger partial charge in [0.05, 0.1) is 31.6 Å². The Morgan fingerprint density at radius 2 is 1.69 bits per heavy atom. The summed E-state index contributed by atoms with van der Waals surface area (Å²) in [4.78, 5) is 29.2. The molecule has 1 heterocycles. The summed E-state index contributed by atoms with van der Waals surface area (Å²) in [5.74, 6) is 0.201. The molecule has 8 heteroatoms. The van der Waals surface area contributed by atoms with Crippen LogP contribution in [-0.4, -0.2) is 31.1 Å². The largest absolute Gasteiger partial charge is 0.493 e. The molecular formula is C31H29ClN2O5. The molecule has 0 radical (unpaired) electrons. The van der Waals surface area contributed by atoms with Crippen LogP contribution in [0.4, 0.5) is 5.69 Å². The molecule has 0 aliphatic heterocycles. The molecule has 3 aromatic carbocycles. The van der Waals surface area contributed by atoms with Crippen LogP contribution in [0.2, 0.25) is 5.02 Å². The first-order valence-corrected chi connectivity index (χ1v) is 12.7. The van der Waals surface area contributed by atoms with Crippen molar-refractivity contribution in [1.82, 2.24) is 4.98 Å². The fraction of sp³-hybridized carbons (Fsp3) is 0.194. The van der Waals surface area contributed by atoms with E-state index in [0.717, 1.165) is 27.6 Å². The molecule has 0 bridgehead atoms. The van der Waals surface area contributed by atoms with Gasteiger partial charge in [-0.25, -0.2) is 0 Å². The van der Waals surface area contributed by atoms with Gasteiger partial charge >= 0.3 is 5.97 Å². The third-order valence-corrected chi connectivity index (χ3v) is 6.45. The fourth-order valence-electron chi connectivity index (χ4n) is 4.21. The molecule has 1 amide bonds. The lowest BCUT2D eigenvalue weighted by atomic mass is 9.95. The van der Waals surface area contributed by atoms with Gasteiger partial charge in [0.25, 0.3) is 0 Å². The number of aromatic nitrogens is 1. The van der Waals surface area contributed by atoms with Crippen LogP contribution in [0, 0.1) is 0 Å². The van der Waals surface area contributed by atoms with Crippen molar-refractivity contribution in [2.75, 3.05) is 19.5 Å². The van der Waals surface area contributed by atoms with E-state index in [1.54, 1.807) is 24.4 Å². The van der Waals surface area contributed by atoms with Crippen molar-refractivity contribution < 1.29 is 23.8 Å². The van der Waals surface area contributed by atoms with Crippen molar-refractivity contribution in [3.05, 3.63) is 83.0 Å². The first-order chi connectivity index (χ1) is 18.7. The highest BCUT2D eigenvalue weighted by atomic mass is 35.5. The van der Waals surface area contributed by atoms with Crippen LogP contribution in [0.3, 0.4) is 0 Å². The van der Waals surface area contributed by atoms with Crippen LogP contribution in [0.1, 0.15) is 37.8 Å². The number of carbonyl (C=O) groups excluding carboxylic acids is 2. The molecule has 0 aliphatic carbocycles. The molecule has 0 saturated carbocycles. The second-order valence-electron chi connectivity index (χ2n) is 9.13. The summed E-state index contributed by atoms with van der Waals surface area (Å²) in [7, 11) is 2.91. The molecule has 4 aromatic rings. The first kappa shape index (κ1) is 27.7. The summed E-state index contributed by atoms with van der Waals surface area (Å²) >= 11 is 6.61. The highest BCUT2D eigenvalue weighted by Crippen LogP contribution is 2.40. The summed E-state index contributed by atoms with van der Waals surface area (Å²) in [6.07, 6.45) is 4.64. The lowest BCUT2D eigenvalue weighted by Crippen LogP contribution is -2.10. The van der Waals surface area contributed by atoms with Gasteiger partial charge in [0.15, 0.2) is 11.5 Å². The second kappa shape index (κ2) is 12.0. The number of rotatable bonds is 8. The van der Waals surface area contributed by atoms with Gasteiger partial charge in [-0.1, -0.05) is 49.7 Å². The minimum absolute atomic E-state index is 0.168. The van der Waals surface area contributed by atoms with Gasteiger partial charge in [-0.05, 0) is 53.5 Å². The van der Waals surface area contributed by atoms with Crippen molar-refractivity contribution in [2.24, 2.45) is 0 Å². The number of halogens is 1. The lowest BCUT2D eigenvalue weighted by Gasteiger charge is -2.16. The van der Waals surface area contributed by atoms with E-state index in [1.807, 2.05) is 30.3 Å². The molecule has 7 nitrogen and oxygen atoms in total. The first-order valence-electron chi connectivity index (χ1n) is 12.3. The Bertz CT molecular complexity index is 1550. The Hall–Kier alpha value is -4.36. The average Bonchev–Trinajstić information content (AvgIpc) is 2.92. The third-order valence-electron chi connectivity index (χ3n) is 6.12. The fourth-order valence-corrected chi connectivity index (χ4v) is 4.44. The van der Waals surface area contributed by atoms with Crippen molar-refractivity contribution in [3.63, 3.8) is 0 Å². The van der Waals surface area contributed by atoms with Crippen LogP contribution in [-0.2, 0) is 9.59 Å². The van der Waals surface area contributed by atoms with E-state index >= 15 is 0 Å². The van der Waals surface area contributed by atoms with Gasteiger partial charge in [-0.2, -0.15) is 0 Å². The molecule has 1 N–H and O–H groups in total. The molecule has 4 rings (SSSR count). The van der Waals surface area contributed by atoms with Gasteiger partial charge in [0, 0.05) is 34.5 Å². The monoisotopic (exact) mass is 544 g/mol. The molecule has 0 atom stereocenters. The quantitative estimate of drug-likeness (QED) is 0.142. The predicted octanol–water partition coefficient (Wildman–Crippen LogP) is 7.27. The van der Waals surface area contributed by atoms with Gasteiger partial charge in [0.1, 0.15) is 0 Å². The molecule has 0 aliphatic rings. The van der Waals surface area contributed by atoms with Gasteiger partial charge in [0.2, 0.25) is 11.7 Å². The van der Waals surface area contributed by atoms with E-state index in [-0.39, 0.29) is 11.7 Å². The number of benzene rings is 3. The number of carbonyl (C=O) groups is 2. The van der Waals surface area contributed by atoms with E-state index in [9.17, 15) is 9.59 Å². The Morgan fingerprint density at radius 3 is 2.31 bits per heavy atom. The summed E-state index contributed by atoms with van der Waals surface area (Å²) in [5.41, 5.74) is 4.69. The molecule has 0 fully saturated rings. The summed E-state index contributed by atoms with van der Waals surface area (Å²) in [6.45, 7) is 5.55. The maximum atomic E-state index is 13.1. The lowest BCUT2D eigenvalue weighted by molar-refractivity contribution is -0.132. The van der Waals surface area contributed by atoms with E-state index in [4.69, 9.17) is 25.8 Å². The van der Waals surface area contributed by atoms with Crippen LogP contribution in [0.25, 0.3) is 28.1 Å². The second-order valence-corrected chi connectivity index (χ2v) is 9.54. The summed E-state index contributed by atoms with van der Waals surface area (Å²) < 4.78 is 16.0. The molecule has 1 aromatic heterocycles. The number of pyridine rings is 1. The smallest absolute Gasteiger partial charge is 0.308 e. The van der Waals surface area contributed by atoms with E-state index in [2.05, 4.69) is 36.3 Å². The Labute approximate surface area is 232 Å². The molecule has 39 heavy (non-hydrogen) atoms. The van der Waals surface area contributed by atoms with Crippen LogP contribution < -0.4 is 19.5 Å². The SMILES string of the molecule is COc1cc(C=CC(=O)Nc2cnc3ccc(C(C)C)cc3c2-c2ccccc2Cl)cc(OC)c1OC(C)=O. The van der Waals surface area contributed by atoms with Gasteiger partial charge < -0.3 is 19.5 Å². The van der Waals surface area contributed by atoms with Gasteiger partial charge in [-0.3, -0.25) is 14.6 Å². The maximum absolute atomic E-state index is 13.1. The molecule has 0 spiro atoms. The number of hydrogen-bond acceptors (Lipinski definition) is 6. The van der Waals surface area contributed by atoms with Crippen molar-refractivity contribution in [1.29, 1.82) is 0 Å². The van der Waals surface area contributed by atoms with E-state index in [0.29, 0.717) is 33.7 Å². The summed E-state index contributed by atoms with van der Waals surface area (Å²) in [6, 6.07) is 16.9. The molecular weight excluding hydrogens is 516 g/mol. The normalized spacial score (nSPS) is 11.2. The maximum Gasteiger partial charge on any atom is 0.308 e. The minimum Gasteiger partial charge on any atom is -0.493 e. The average molecular weight is 545 g/mol. The Kier molecular flexibility index (Phi) is 8.52. The van der Waals surface area contributed by atoms with Gasteiger partial charge in [-0.15, -0.1) is 0 Å². The molecule has 0 unspecified atom stereocenters. The number of nitrogens with zero attached hydrogens (tertiary/aromatic N) is 1. The minimum atomic E-state index is -0.506. The highest BCUT2D eigenvalue weighted by molar-refractivity contribution is 6.34. The number of fused-ring (bicyclic) bond motifs is 1. The third kappa shape index (κ3) is 6.21. The number of amides is 1. The van der Waals surface area contributed by atoms with Crippen molar-refractivity contribution >= 4 is 46.1 Å². The van der Waals surface area contributed by atoms with Crippen molar-refractivity contribution in [3.8, 4) is 28.4 Å². The summed E-state index contributed by atoms with van der Waals surface area (Å²) in [5, 5.41) is 4.43. The van der Waals surface area contributed by atoms with E-state index in [1.165, 1.54) is 27.2 Å². The van der Waals surface area contributed by atoms with Crippen LogP contribution in [0.5, 0.6) is 17.2 Å². The Balaban J connectivity index is 1.72. The van der Waals surface area contributed by atoms with Crippen LogP contribution >= 0.6 is 11.6 Å². The number of anilines is 1. The predicted molar refractivity (Wildman–Crippen MR) is 155 cm³/mol. The number of methoxy groups -OCH3 is 2. The van der Waals surface area contributed by atoms with Crippen LogP contribution in [0.15, 0.2) is 66.9 Å². The molecule has 200 valence electrons. The number of hydrogen-bond donors (Lipinski definition) is 1. The Morgan fingerprint density at radius 1 is 1.00 bits per heavy atom. The number of nitrogens with one attached hydrogen (secondary N) is 1. The number of esters is 1. The topological polar surface area (TPSA) is 86.8 Å². The number of ether oxygens (including phenoxy) is 3. The molecule has 0 saturated heterocycles. The van der Waals surface area contributed by atoms with Crippen molar-refractivity contribution in [2.45, 2.75) is 26.7 Å². The zero-order chi connectivity index (χ0) is 28.1.